The van der Waals surface area contributed by atoms with Gasteiger partial charge < -0.3 is 16.1 Å². The Kier molecular flexibility index (Phi) is 5.50. The molecule has 0 saturated heterocycles. The zero-order valence-electron chi connectivity index (χ0n) is 11.9. The van der Waals surface area contributed by atoms with E-state index in [-0.39, 0.29) is 11.8 Å². The van der Waals surface area contributed by atoms with Crippen LogP contribution < -0.4 is 21.9 Å². The molecule has 106 valence electrons. The maximum absolute atomic E-state index is 11.2. The molecule has 0 saturated carbocycles. The van der Waals surface area contributed by atoms with Gasteiger partial charge >= 0.3 is 0 Å². The van der Waals surface area contributed by atoms with Crippen LogP contribution in [0.5, 0.6) is 0 Å². The molecule has 0 aliphatic carbocycles. The molecule has 0 bridgehead atoms. The largest absolute Gasteiger partial charge is 0.369 e. The molecule has 1 rings (SSSR count). The molecule has 1 aromatic rings. The normalized spacial score (nSPS) is 10.4. The van der Waals surface area contributed by atoms with E-state index in [1.54, 1.807) is 7.05 Å². The van der Waals surface area contributed by atoms with Crippen LogP contribution in [0.15, 0.2) is 0 Å². The van der Waals surface area contributed by atoms with Crippen LogP contribution in [0.1, 0.15) is 37.6 Å². The lowest BCUT2D eigenvalue weighted by molar-refractivity contribution is -0.120. The molecule has 1 amide bonds. The van der Waals surface area contributed by atoms with Gasteiger partial charge in [-0.15, -0.1) is 0 Å². The highest BCUT2D eigenvalue weighted by atomic mass is 16.1. The van der Waals surface area contributed by atoms with Gasteiger partial charge in [0.1, 0.15) is 17.5 Å². The number of nitrogens with zero attached hydrogens (tertiary/aromatic N) is 2. The van der Waals surface area contributed by atoms with E-state index in [1.165, 1.54) is 0 Å². The fourth-order valence-electron chi connectivity index (χ4n) is 1.52. The summed E-state index contributed by atoms with van der Waals surface area (Å²) in [6.07, 6.45) is 0.391. The Balaban J connectivity index is 2.86. The minimum atomic E-state index is -0.0135. The predicted molar refractivity (Wildman–Crippen MR) is 75.8 cm³/mol. The first-order chi connectivity index (χ1) is 8.99. The van der Waals surface area contributed by atoms with Crippen LogP contribution >= 0.6 is 0 Å². The molecule has 0 spiro atoms. The van der Waals surface area contributed by atoms with Crippen molar-refractivity contribution < 1.29 is 4.79 Å². The van der Waals surface area contributed by atoms with Crippen LogP contribution in [0, 0.1) is 6.92 Å². The Bertz CT molecular complexity index is 446. The molecular formula is C12H22N6O. The molecule has 1 aromatic heterocycles. The van der Waals surface area contributed by atoms with Gasteiger partial charge in [-0.1, -0.05) is 13.8 Å². The molecular weight excluding hydrogens is 244 g/mol. The predicted octanol–water partition coefficient (Wildman–Crippen LogP) is 0.742. The van der Waals surface area contributed by atoms with Gasteiger partial charge in [-0.3, -0.25) is 4.79 Å². The standard InChI is InChI=1S/C12H22N6O/c1-7(2)10-16-11(8(3)12(17-10)18-13)15-6-5-9(19)14-4/h7H,5-6,13H2,1-4H3,(H,14,19)(H2,15,16,17,18). The second-order valence-corrected chi connectivity index (χ2v) is 4.55. The lowest BCUT2D eigenvalue weighted by atomic mass is 10.2. The van der Waals surface area contributed by atoms with Gasteiger partial charge in [-0.25, -0.2) is 15.8 Å². The van der Waals surface area contributed by atoms with Gasteiger partial charge in [-0.05, 0) is 6.92 Å². The highest BCUT2D eigenvalue weighted by Gasteiger charge is 2.12. The third-order valence-corrected chi connectivity index (χ3v) is 2.74. The van der Waals surface area contributed by atoms with E-state index in [4.69, 9.17) is 5.84 Å². The Morgan fingerprint density at radius 3 is 2.47 bits per heavy atom. The maximum Gasteiger partial charge on any atom is 0.221 e. The van der Waals surface area contributed by atoms with Gasteiger partial charge in [0.2, 0.25) is 5.91 Å². The fourth-order valence-corrected chi connectivity index (χ4v) is 1.52. The topological polar surface area (TPSA) is 105 Å². The number of anilines is 2. The van der Waals surface area contributed by atoms with Crippen LogP contribution in [0.3, 0.4) is 0 Å². The minimum absolute atomic E-state index is 0.0135. The molecule has 1 heterocycles. The lowest BCUT2D eigenvalue weighted by Crippen LogP contribution is -2.22. The molecule has 7 heteroatoms. The number of carbonyl (C=O) groups excluding carboxylic acids is 1. The van der Waals surface area contributed by atoms with Crippen molar-refractivity contribution in [2.24, 2.45) is 5.84 Å². The molecule has 0 fully saturated rings. The maximum atomic E-state index is 11.2. The fraction of sp³-hybridized carbons (Fsp3) is 0.583. The first-order valence-corrected chi connectivity index (χ1v) is 6.29. The van der Waals surface area contributed by atoms with Crippen molar-refractivity contribution in [1.29, 1.82) is 0 Å². The van der Waals surface area contributed by atoms with Gasteiger partial charge in [0, 0.05) is 31.5 Å². The summed E-state index contributed by atoms with van der Waals surface area (Å²) in [7, 11) is 1.62. The van der Waals surface area contributed by atoms with E-state index in [9.17, 15) is 4.79 Å². The number of hydrogen-bond acceptors (Lipinski definition) is 6. The molecule has 0 unspecified atom stereocenters. The number of nitrogen functional groups attached to an aromatic ring is 1. The van der Waals surface area contributed by atoms with Gasteiger partial charge in [-0.2, -0.15) is 0 Å². The lowest BCUT2D eigenvalue weighted by Gasteiger charge is -2.14. The summed E-state index contributed by atoms with van der Waals surface area (Å²) in [5, 5.41) is 5.71. The molecule has 0 atom stereocenters. The smallest absolute Gasteiger partial charge is 0.221 e. The number of hydrazine groups is 1. The van der Waals surface area contributed by atoms with Crippen molar-refractivity contribution in [2.45, 2.75) is 33.1 Å². The number of aromatic nitrogens is 2. The van der Waals surface area contributed by atoms with E-state index in [2.05, 4.69) is 26.0 Å². The van der Waals surface area contributed by atoms with Crippen LogP contribution in [0.25, 0.3) is 0 Å². The summed E-state index contributed by atoms with van der Waals surface area (Å²) >= 11 is 0. The van der Waals surface area contributed by atoms with Crippen molar-refractivity contribution in [3.8, 4) is 0 Å². The first kappa shape index (κ1) is 15.2. The van der Waals surface area contributed by atoms with E-state index in [0.29, 0.717) is 30.4 Å². The molecule has 0 aromatic carbocycles. The number of nitrogens with one attached hydrogen (secondary N) is 3. The second kappa shape index (κ2) is 6.89. The Morgan fingerprint density at radius 1 is 1.32 bits per heavy atom. The number of nitrogens with two attached hydrogens (primary N) is 1. The van der Waals surface area contributed by atoms with Gasteiger partial charge in [0.25, 0.3) is 0 Å². The van der Waals surface area contributed by atoms with Gasteiger partial charge in [0.15, 0.2) is 0 Å². The average Bonchev–Trinajstić information content (AvgIpc) is 2.40. The summed E-state index contributed by atoms with van der Waals surface area (Å²) in [4.78, 5) is 20.0. The number of rotatable bonds is 6. The molecule has 0 radical (unpaired) electrons. The molecule has 7 nitrogen and oxygen atoms in total. The van der Waals surface area contributed by atoms with Crippen molar-refractivity contribution in [2.75, 3.05) is 24.3 Å². The average molecular weight is 266 g/mol. The highest BCUT2D eigenvalue weighted by molar-refractivity contribution is 5.76. The van der Waals surface area contributed by atoms with E-state index in [0.717, 1.165) is 5.56 Å². The number of amides is 1. The van der Waals surface area contributed by atoms with E-state index >= 15 is 0 Å². The van der Waals surface area contributed by atoms with Crippen LogP contribution in [-0.4, -0.2) is 29.5 Å². The summed E-state index contributed by atoms with van der Waals surface area (Å²) in [6.45, 7) is 6.42. The molecule has 0 aliphatic rings. The van der Waals surface area contributed by atoms with Crippen LogP contribution in [-0.2, 0) is 4.79 Å². The SMILES string of the molecule is CNC(=O)CCNc1nc(C(C)C)nc(NN)c1C. The third-order valence-electron chi connectivity index (χ3n) is 2.74. The van der Waals surface area contributed by atoms with Crippen LogP contribution in [0.4, 0.5) is 11.6 Å². The van der Waals surface area contributed by atoms with Crippen LogP contribution in [0.2, 0.25) is 0 Å². The zero-order valence-corrected chi connectivity index (χ0v) is 11.9. The molecule has 0 aliphatic heterocycles. The molecule has 5 N–H and O–H groups in total. The van der Waals surface area contributed by atoms with Crippen molar-refractivity contribution >= 4 is 17.5 Å². The zero-order chi connectivity index (χ0) is 14.4. The Hall–Kier alpha value is -1.89. The van der Waals surface area contributed by atoms with E-state index < -0.39 is 0 Å². The first-order valence-electron chi connectivity index (χ1n) is 6.29. The summed E-state index contributed by atoms with van der Waals surface area (Å²) in [5.41, 5.74) is 3.41. The summed E-state index contributed by atoms with van der Waals surface area (Å²) < 4.78 is 0. The van der Waals surface area contributed by atoms with Gasteiger partial charge in [0.05, 0.1) is 0 Å². The highest BCUT2D eigenvalue weighted by Crippen LogP contribution is 2.22. The quantitative estimate of drug-likeness (QED) is 0.447. The third kappa shape index (κ3) is 4.06. The van der Waals surface area contributed by atoms with Crippen molar-refractivity contribution in [3.05, 3.63) is 11.4 Å². The van der Waals surface area contributed by atoms with E-state index in [1.807, 2.05) is 20.8 Å². The second-order valence-electron chi connectivity index (χ2n) is 4.55. The minimum Gasteiger partial charge on any atom is -0.369 e. The Morgan fingerprint density at radius 2 is 1.95 bits per heavy atom. The monoisotopic (exact) mass is 266 g/mol. The molecule has 19 heavy (non-hydrogen) atoms. The summed E-state index contributed by atoms with van der Waals surface area (Å²) in [5.74, 6) is 7.65. The summed E-state index contributed by atoms with van der Waals surface area (Å²) in [6, 6.07) is 0. The van der Waals surface area contributed by atoms with Crippen molar-refractivity contribution in [1.82, 2.24) is 15.3 Å². The van der Waals surface area contributed by atoms with Crippen molar-refractivity contribution in [3.63, 3.8) is 0 Å². The number of carbonyl (C=O) groups is 1. The number of hydrogen-bond donors (Lipinski definition) is 4. The Labute approximate surface area is 113 Å².